The molecule has 0 radical (unpaired) electrons. The van der Waals surface area contributed by atoms with Crippen molar-refractivity contribution in [2.75, 3.05) is 13.2 Å². The molecule has 0 atom stereocenters. The standard InChI is InChI=1S/C10H16N2O2/c13-7-6-12-8-11-10(9(12)14)4-2-1-3-5-10/h8,13H,1-7H2. The predicted molar refractivity (Wildman–Crippen MR) is 53.1 cm³/mol. The van der Waals surface area contributed by atoms with Crippen LogP contribution in [0, 0.1) is 0 Å². The maximum absolute atomic E-state index is 12.0. The summed E-state index contributed by atoms with van der Waals surface area (Å²) in [7, 11) is 0. The average Bonchev–Trinajstić information content (AvgIpc) is 2.50. The van der Waals surface area contributed by atoms with Crippen LogP contribution < -0.4 is 0 Å². The van der Waals surface area contributed by atoms with Crippen LogP contribution in [0.1, 0.15) is 32.1 Å². The smallest absolute Gasteiger partial charge is 0.255 e. The van der Waals surface area contributed by atoms with E-state index in [0.29, 0.717) is 6.54 Å². The lowest BCUT2D eigenvalue weighted by atomic mass is 9.82. The van der Waals surface area contributed by atoms with Gasteiger partial charge in [0.05, 0.1) is 12.9 Å². The van der Waals surface area contributed by atoms with Crippen molar-refractivity contribution in [3.05, 3.63) is 0 Å². The molecule has 1 heterocycles. The normalized spacial score (nSPS) is 24.9. The van der Waals surface area contributed by atoms with Crippen LogP contribution in [0.25, 0.3) is 0 Å². The van der Waals surface area contributed by atoms with Crippen LogP contribution in [-0.2, 0) is 4.79 Å². The highest BCUT2D eigenvalue weighted by atomic mass is 16.3. The molecule has 1 aliphatic heterocycles. The van der Waals surface area contributed by atoms with Gasteiger partial charge in [0.15, 0.2) is 0 Å². The summed E-state index contributed by atoms with van der Waals surface area (Å²) < 4.78 is 0. The first kappa shape index (κ1) is 9.65. The summed E-state index contributed by atoms with van der Waals surface area (Å²) in [5.74, 6) is 0.0891. The summed E-state index contributed by atoms with van der Waals surface area (Å²) in [5, 5.41) is 8.78. The first-order valence-corrected chi connectivity index (χ1v) is 5.26. The Balaban J connectivity index is 2.08. The summed E-state index contributed by atoms with van der Waals surface area (Å²) in [6.07, 6.45) is 6.76. The van der Waals surface area contributed by atoms with Crippen molar-refractivity contribution >= 4 is 12.2 Å². The van der Waals surface area contributed by atoms with E-state index in [2.05, 4.69) is 4.99 Å². The number of aliphatic hydroxyl groups is 1. The fourth-order valence-electron chi connectivity index (χ4n) is 2.30. The zero-order valence-corrected chi connectivity index (χ0v) is 8.28. The minimum Gasteiger partial charge on any atom is -0.395 e. The average molecular weight is 196 g/mol. The van der Waals surface area contributed by atoms with Gasteiger partial charge in [-0.3, -0.25) is 14.7 Å². The fraction of sp³-hybridized carbons (Fsp3) is 0.800. The summed E-state index contributed by atoms with van der Waals surface area (Å²) >= 11 is 0. The fourth-order valence-corrected chi connectivity index (χ4v) is 2.30. The number of nitrogens with zero attached hydrogens (tertiary/aromatic N) is 2. The molecule has 4 nitrogen and oxygen atoms in total. The Kier molecular flexibility index (Phi) is 2.54. The van der Waals surface area contributed by atoms with Crippen molar-refractivity contribution in [1.82, 2.24) is 4.90 Å². The molecular formula is C10H16N2O2. The molecule has 4 heteroatoms. The van der Waals surface area contributed by atoms with Crippen molar-refractivity contribution in [3.63, 3.8) is 0 Å². The minimum absolute atomic E-state index is 0.00778. The Bertz CT molecular complexity index is 257. The van der Waals surface area contributed by atoms with Gasteiger partial charge in [0.2, 0.25) is 0 Å². The molecule has 0 aromatic carbocycles. The summed E-state index contributed by atoms with van der Waals surface area (Å²) in [4.78, 5) is 17.9. The third-order valence-corrected chi connectivity index (χ3v) is 3.12. The summed E-state index contributed by atoms with van der Waals surface area (Å²) in [6, 6.07) is 0. The van der Waals surface area contributed by atoms with Gasteiger partial charge in [-0.1, -0.05) is 19.3 Å². The van der Waals surface area contributed by atoms with Gasteiger partial charge in [0.1, 0.15) is 5.54 Å². The number of carbonyl (C=O) groups is 1. The van der Waals surface area contributed by atoms with Crippen LogP contribution in [0.5, 0.6) is 0 Å². The molecule has 1 fully saturated rings. The number of rotatable bonds is 2. The number of amides is 1. The molecule has 0 bridgehead atoms. The number of hydrogen-bond acceptors (Lipinski definition) is 3. The number of aliphatic imine (C=N–C) groups is 1. The molecule has 0 aromatic rings. The van der Waals surface area contributed by atoms with Crippen molar-refractivity contribution in [2.45, 2.75) is 37.6 Å². The second-order valence-electron chi connectivity index (χ2n) is 4.06. The van der Waals surface area contributed by atoms with Crippen molar-refractivity contribution in [3.8, 4) is 0 Å². The highest BCUT2D eigenvalue weighted by Crippen LogP contribution is 2.35. The zero-order chi connectivity index (χ0) is 10.0. The van der Waals surface area contributed by atoms with Crippen molar-refractivity contribution < 1.29 is 9.90 Å². The van der Waals surface area contributed by atoms with Gasteiger partial charge in [-0.15, -0.1) is 0 Å². The molecule has 1 amide bonds. The van der Waals surface area contributed by atoms with E-state index in [4.69, 9.17) is 5.11 Å². The second kappa shape index (κ2) is 3.69. The van der Waals surface area contributed by atoms with Crippen LogP contribution in [-0.4, -0.2) is 40.9 Å². The largest absolute Gasteiger partial charge is 0.395 e. The Hall–Kier alpha value is -0.900. The third kappa shape index (κ3) is 1.43. The maximum Gasteiger partial charge on any atom is 0.255 e. The van der Waals surface area contributed by atoms with E-state index >= 15 is 0 Å². The molecule has 1 spiro atoms. The SMILES string of the molecule is O=C1N(CCO)C=NC12CCCCC2. The molecule has 2 rings (SSSR count). The van der Waals surface area contributed by atoms with Gasteiger partial charge in [-0.25, -0.2) is 0 Å². The van der Waals surface area contributed by atoms with E-state index in [9.17, 15) is 4.79 Å². The van der Waals surface area contributed by atoms with E-state index in [-0.39, 0.29) is 12.5 Å². The molecule has 0 unspecified atom stereocenters. The first-order chi connectivity index (χ1) is 6.78. The monoisotopic (exact) mass is 196 g/mol. The third-order valence-electron chi connectivity index (χ3n) is 3.12. The molecule has 0 saturated heterocycles. The molecule has 1 saturated carbocycles. The van der Waals surface area contributed by atoms with Gasteiger partial charge in [-0.05, 0) is 12.8 Å². The van der Waals surface area contributed by atoms with E-state index in [0.717, 1.165) is 25.7 Å². The number of hydrogen-bond donors (Lipinski definition) is 1. The molecular weight excluding hydrogens is 180 g/mol. The Morgan fingerprint density at radius 3 is 2.79 bits per heavy atom. The van der Waals surface area contributed by atoms with Crippen LogP contribution in [0.2, 0.25) is 0 Å². The van der Waals surface area contributed by atoms with Crippen molar-refractivity contribution in [2.24, 2.45) is 4.99 Å². The Morgan fingerprint density at radius 1 is 1.43 bits per heavy atom. The number of aliphatic hydroxyl groups excluding tert-OH is 1. The molecule has 0 aromatic heterocycles. The molecule has 78 valence electrons. The van der Waals surface area contributed by atoms with Gasteiger partial charge in [0, 0.05) is 6.54 Å². The van der Waals surface area contributed by atoms with E-state index < -0.39 is 5.54 Å². The topological polar surface area (TPSA) is 52.9 Å². The minimum atomic E-state index is -0.451. The predicted octanol–water partition coefficient (Wildman–Crippen LogP) is 0.552. The quantitative estimate of drug-likeness (QED) is 0.701. The van der Waals surface area contributed by atoms with Crippen LogP contribution in [0.4, 0.5) is 0 Å². The summed E-state index contributed by atoms with van der Waals surface area (Å²) in [5.41, 5.74) is -0.451. The molecule has 1 N–H and O–H groups in total. The van der Waals surface area contributed by atoms with E-state index in [1.165, 1.54) is 6.42 Å². The lowest BCUT2D eigenvalue weighted by molar-refractivity contribution is -0.132. The molecule has 1 aliphatic carbocycles. The lowest BCUT2D eigenvalue weighted by Crippen LogP contribution is -2.43. The van der Waals surface area contributed by atoms with Gasteiger partial charge in [-0.2, -0.15) is 0 Å². The molecule has 2 aliphatic rings. The van der Waals surface area contributed by atoms with Crippen molar-refractivity contribution in [1.29, 1.82) is 0 Å². The van der Waals surface area contributed by atoms with Gasteiger partial charge in [0.25, 0.3) is 5.91 Å². The molecule has 14 heavy (non-hydrogen) atoms. The highest BCUT2D eigenvalue weighted by Gasteiger charge is 2.44. The van der Waals surface area contributed by atoms with E-state index in [1.807, 2.05) is 0 Å². The van der Waals surface area contributed by atoms with Crippen LogP contribution in [0.3, 0.4) is 0 Å². The number of carbonyl (C=O) groups excluding carboxylic acids is 1. The second-order valence-corrected chi connectivity index (χ2v) is 4.06. The van der Waals surface area contributed by atoms with Crippen LogP contribution in [0.15, 0.2) is 4.99 Å². The number of β-amino-alcohol motifs (C(OH)–C–C–N with tert-alkyl or cyclic N) is 1. The first-order valence-electron chi connectivity index (χ1n) is 5.26. The highest BCUT2D eigenvalue weighted by molar-refractivity contribution is 6.00. The van der Waals surface area contributed by atoms with Gasteiger partial charge >= 0.3 is 0 Å². The summed E-state index contributed by atoms with van der Waals surface area (Å²) in [6.45, 7) is 0.387. The van der Waals surface area contributed by atoms with Gasteiger partial charge < -0.3 is 5.11 Å². The lowest BCUT2D eigenvalue weighted by Gasteiger charge is -2.29. The Morgan fingerprint density at radius 2 is 2.14 bits per heavy atom. The van der Waals surface area contributed by atoms with E-state index in [1.54, 1.807) is 11.2 Å². The zero-order valence-electron chi connectivity index (χ0n) is 8.28. The van der Waals surface area contributed by atoms with Crippen LogP contribution >= 0.6 is 0 Å². The Labute approximate surface area is 83.6 Å². The maximum atomic E-state index is 12.0.